The number of aryl methyl sites for hydroxylation is 1. The Hall–Kier alpha value is -1.65. The summed E-state index contributed by atoms with van der Waals surface area (Å²) in [4.78, 5) is 0. The number of nitrogens with zero attached hydrogens (tertiary/aromatic N) is 2. The fourth-order valence-electron chi connectivity index (χ4n) is 6.54. The first-order chi connectivity index (χ1) is 13.4. The van der Waals surface area contributed by atoms with E-state index >= 15 is 0 Å². The highest BCUT2D eigenvalue weighted by Crippen LogP contribution is 2.62. The van der Waals surface area contributed by atoms with Crippen molar-refractivity contribution in [2.75, 3.05) is 13.2 Å². The number of ether oxygens (including phenoxy) is 2. The molecule has 1 saturated carbocycles. The van der Waals surface area contributed by atoms with Crippen LogP contribution in [0, 0.1) is 11.3 Å². The van der Waals surface area contributed by atoms with Crippen LogP contribution in [0.25, 0.3) is 0 Å². The second-order valence-electron chi connectivity index (χ2n) is 9.74. The zero-order valence-electron chi connectivity index (χ0n) is 17.6. The average Bonchev–Trinajstić information content (AvgIpc) is 3.28. The Balaban J connectivity index is 1.54. The van der Waals surface area contributed by atoms with E-state index in [9.17, 15) is 0 Å². The number of aromatic nitrogens is 2. The summed E-state index contributed by atoms with van der Waals surface area (Å²) in [6, 6.07) is 10.8. The van der Waals surface area contributed by atoms with Gasteiger partial charge in [0.05, 0.1) is 18.9 Å². The van der Waals surface area contributed by atoms with Crippen LogP contribution in [0.15, 0.2) is 30.3 Å². The van der Waals surface area contributed by atoms with E-state index in [1.807, 2.05) is 0 Å². The molecule has 5 rings (SSSR count). The molecule has 1 aromatic heterocycles. The first-order valence-electron chi connectivity index (χ1n) is 10.7. The summed E-state index contributed by atoms with van der Waals surface area (Å²) in [6.07, 6.45) is 5.27. The maximum Gasteiger partial charge on any atom is 0.173 e. The standard InChI is InChI=1S/C24H32N2O2/c1-22(2)20-11-10-18-19(16-17-8-6-5-7-9-17)26(4)25-21(18)23(20,3)12-13-24(22)27-14-15-28-24/h5-9,20H,10-16H2,1-4H3/t20-,23-/m0/s1. The van der Waals surface area contributed by atoms with Gasteiger partial charge < -0.3 is 9.47 Å². The van der Waals surface area contributed by atoms with Crippen LogP contribution < -0.4 is 0 Å². The van der Waals surface area contributed by atoms with Gasteiger partial charge in [0, 0.05) is 36.4 Å². The molecule has 2 atom stereocenters. The van der Waals surface area contributed by atoms with Gasteiger partial charge in [-0.2, -0.15) is 5.10 Å². The maximum atomic E-state index is 6.24. The lowest BCUT2D eigenvalue weighted by Gasteiger charge is -2.59. The normalized spacial score (nSPS) is 30.2. The van der Waals surface area contributed by atoms with Gasteiger partial charge in [-0.1, -0.05) is 51.1 Å². The monoisotopic (exact) mass is 380 g/mol. The summed E-state index contributed by atoms with van der Waals surface area (Å²) in [5.74, 6) is 0.106. The molecule has 2 aromatic rings. The van der Waals surface area contributed by atoms with E-state index < -0.39 is 5.79 Å². The molecule has 1 saturated heterocycles. The Kier molecular flexibility index (Phi) is 4.05. The van der Waals surface area contributed by atoms with Gasteiger partial charge in [-0.05, 0) is 36.3 Å². The zero-order valence-corrected chi connectivity index (χ0v) is 17.6. The molecule has 150 valence electrons. The highest BCUT2D eigenvalue weighted by Gasteiger charge is 2.64. The predicted molar refractivity (Wildman–Crippen MR) is 109 cm³/mol. The van der Waals surface area contributed by atoms with Crippen molar-refractivity contribution < 1.29 is 9.47 Å². The van der Waals surface area contributed by atoms with Crippen LogP contribution in [0.1, 0.15) is 62.5 Å². The predicted octanol–water partition coefficient (Wildman–Crippen LogP) is 4.39. The smallest absolute Gasteiger partial charge is 0.173 e. The van der Waals surface area contributed by atoms with Crippen molar-refractivity contribution in [2.45, 2.75) is 64.1 Å². The lowest BCUT2D eigenvalue weighted by Crippen LogP contribution is -2.61. The number of hydrogen-bond donors (Lipinski definition) is 0. The fraction of sp³-hybridized carbons (Fsp3) is 0.625. The molecule has 2 aliphatic carbocycles. The molecule has 0 radical (unpaired) electrons. The minimum Gasteiger partial charge on any atom is -0.347 e. The molecule has 1 aromatic carbocycles. The van der Waals surface area contributed by atoms with E-state index in [2.05, 4.69) is 62.8 Å². The Morgan fingerprint density at radius 2 is 1.79 bits per heavy atom. The van der Waals surface area contributed by atoms with E-state index in [-0.39, 0.29) is 10.8 Å². The zero-order chi connectivity index (χ0) is 19.6. The Labute approximate surface area is 168 Å². The summed E-state index contributed by atoms with van der Waals surface area (Å²) in [6.45, 7) is 8.61. The van der Waals surface area contributed by atoms with Gasteiger partial charge in [-0.25, -0.2) is 0 Å². The lowest BCUT2D eigenvalue weighted by atomic mass is 9.49. The van der Waals surface area contributed by atoms with Crippen molar-refractivity contribution >= 4 is 0 Å². The van der Waals surface area contributed by atoms with E-state index in [4.69, 9.17) is 14.6 Å². The van der Waals surface area contributed by atoms with Crippen LogP contribution in [-0.2, 0) is 34.8 Å². The molecule has 2 heterocycles. The molecule has 4 heteroatoms. The van der Waals surface area contributed by atoms with Gasteiger partial charge in [0.15, 0.2) is 5.79 Å². The van der Waals surface area contributed by atoms with Crippen molar-refractivity contribution in [3.8, 4) is 0 Å². The molecular weight excluding hydrogens is 348 g/mol. The second kappa shape index (κ2) is 6.17. The van der Waals surface area contributed by atoms with Gasteiger partial charge >= 0.3 is 0 Å². The third-order valence-corrected chi connectivity index (χ3v) is 8.06. The molecule has 1 spiro atoms. The highest BCUT2D eigenvalue weighted by molar-refractivity contribution is 5.40. The highest BCUT2D eigenvalue weighted by atomic mass is 16.7. The van der Waals surface area contributed by atoms with Gasteiger partial charge in [-0.3, -0.25) is 4.68 Å². The molecule has 0 bridgehead atoms. The van der Waals surface area contributed by atoms with Crippen LogP contribution in [-0.4, -0.2) is 28.8 Å². The van der Waals surface area contributed by atoms with Crippen molar-refractivity contribution in [1.29, 1.82) is 0 Å². The molecule has 0 amide bonds. The first kappa shape index (κ1) is 18.4. The number of fused-ring (bicyclic) bond motifs is 3. The summed E-state index contributed by atoms with van der Waals surface area (Å²) in [7, 11) is 2.12. The molecule has 4 nitrogen and oxygen atoms in total. The average molecular weight is 381 g/mol. The maximum absolute atomic E-state index is 6.24. The molecule has 1 aliphatic heterocycles. The van der Waals surface area contributed by atoms with Crippen LogP contribution >= 0.6 is 0 Å². The van der Waals surface area contributed by atoms with Crippen LogP contribution in [0.4, 0.5) is 0 Å². The minimum absolute atomic E-state index is 0.0225. The topological polar surface area (TPSA) is 36.3 Å². The lowest BCUT2D eigenvalue weighted by molar-refractivity contribution is -0.276. The summed E-state index contributed by atoms with van der Waals surface area (Å²) in [5.41, 5.74) is 5.63. The van der Waals surface area contributed by atoms with Crippen molar-refractivity contribution in [1.82, 2.24) is 9.78 Å². The quantitative estimate of drug-likeness (QED) is 0.775. The molecule has 3 aliphatic rings. The summed E-state index contributed by atoms with van der Waals surface area (Å²) in [5, 5.41) is 5.12. The Morgan fingerprint density at radius 3 is 2.50 bits per heavy atom. The van der Waals surface area contributed by atoms with Gasteiger partial charge in [0.1, 0.15) is 0 Å². The molecule has 0 N–H and O–H groups in total. The Morgan fingerprint density at radius 1 is 1.07 bits per heavy atom. The third-order valence-electron chi connectivity index (χ3n) is 8.06. The van der Waals surface area contributed by atoms with Gasteiger partial charge in [-0.15, -0.1) is 0 Å². The SMILES string of the molecule is Cn1nc2c(c1Cc1ccccc1)CC[C@H]1C(C)(C)C3(CC[C@]21C)OCCO3. The van der Waals surface area contributed by atoms with Crippen LogP contribution in [0.2, 0.25) is 0 Å². The van der Waals surface area contributed by atoms with Crippen molar-refractivity contribution in [2.24, 2.45) is 18.4 Å². The summed E-state index contributed by atoms with van der Waals surface area (Å²) >= 11 is 0. The van der Waals surface area contributed by atoms with Crippen molar-refractivity contribution in [3.63, 3.8) is 0 Å². The minimum atomic E-state index is -0.406. The van der Waals surface area contributed by atoms with E-state index in [1.54, 1.807) is 0 Å². The Bertz CT molecular complexity index is 880. The first-order valence-corrected chi connectivity index (χ1v) is 10.7. The fourth-order valence-corrected chi connectivity index (χ4v) is 6.54. The van der Waals surface area contributed by atoms with Gasteiger partial charge in [0.25, 0.3) is 0 Å². The number of rotatable bonds is 2. The molecular formula is C24H32N2O2. The molecule has 2 fully saturated rings. The molecule has 28 heavy (non-hydrogen) atoms. The van der Waals surface area contributed by atoms with Gasteiger partial charge in [0.2, 0.25) is 0 Å². The second-order valence-corrected chi connectivity index (χ2v) is 9.74. The van der Waals surface area contributed by atoms with Crippen LogP contribution in [0.3, 0.4) is 0 Å². The van der Waals surface area contributed by atoms with Crippen molar-refractivity contribution in [3.05, 3.63) is 52.8 Å². The van der Waals surface area contributed by atoms with E-state index in [0.29, 0.717) is 5.92 Å². The number of benzene rings is 1. The van der Waals surface area contributed by atoms with Crippen LogP contribution in [0.5, 0.6) is 0 Å². The largest absolute Gasteiger partial charge is 0.347 e. The molecule has 0 unspecified atom stereocenters. The third kappa shape index (κ3) is 2.40. The van der Waals surface area contributed by atoms with E-state index in [1.165, 1.54) is 28.9 Å². The van der Waals surface area contributed by atoms with E-state index in [0.717, 1.165) is 38.9 Å². The summed E-state index contributed by atoms with van der Waals surface area (Å²) < 4.78 is 14.6. The number of hydrogen-bond acceptors (Lipinski definition) is 3.